The molecule has 4 aliphatic rings. The van der Waals surface area contributed by atoms with Crippen molar-refractivity contribution in [2.45, 2.75) is 80.4 Å². The molecular weight excluding hydrogens is 456 g/mol. The number of aliphatic hydroxyl groups is 1. The Bertz CT molecular complexity index is 785. The summed E-state index contributed by atoms with van der Waals surface area (Å²) in [5.74, 6) is -5.30. The normalized spacial score (nSPS) is 35.1. The lowest BCUT2D eigenvalue weighted by Crippen LogP contribution is -2.57. The Morgan fingerprint density at radius 2 is 1.40 bits per heavy atom. The molecule has 176 valence electrons. The Kier molecular flexibility index (Phi) is 5.29. The first-order valence-corrected chi connectivity index (χ1v) is 10.6. The van der Waals surface area contributed by atoms with Crippen molar-refractivity contribution in [2.75, 3.05) is 0 Å². The summed E-state index contributed by atoms with van der Waals surface area (Å²) in [6, 6.07) is 0. The van der Waals surface area contributed by atoms with Gasteiger partial charge in [-0.25, -0.2) is 4.74 Å². The molecule has 0 radical (unpaired) electrons. The van der Waals surface area contributed by atoms with Gasteiger partial charge in [-0.05, 0) is 62.2 Å². The van der Waals surface area contributed by atoms with Gasteiger partial charge in [0.1, 0.15) is 0 Å². The molecule has 0 saturated heterocycles. The van der Waals surface area contributed by atoms with Gasteiger partial charge >= 0.3 is 33.5 Å². The molecule has 4 saturated carbocycles. The van der Waals surface area contributed by atoms with E-state index in [9.17, 15) is 48.6 Å². The number of ether oxygens (including phenoxy) is 1. The second-order valence-electron chi connectivity index (χ2n) is 9.02. The van der Waals surface area contributed by atoms with Gasteiger partial charge in [0.05, 0.1) is 5.60 Å². The van der Waals surface area contributed by atoms with Crippen LogP contribution in [-0.2, 0) is 14.9 Å². The van der Waals surface area contributed by atoms with E-state index in [0.29, 0.717) is 25.7 Å². The van der Waals surface area contributed by atoms with Crippen LogP contribution in [0.4, 0.5) is 35.1 Å². The molecule has 14 heteroatoms. The molecule has 0 amide bonds. The summed E-state index contributed by atoms with van der Waals surface area (Å²) in [4.78, 5) is 0. The minimum absolute atomic E-state index is 0.0272. The minimum atomic E-state index is -6.94. The van der Waals surface area contributed by atoms with Crippen LogP contribution in [0.3, 0.4) is 0 Å². The van der Waals surface area contributed by atoms with Crippen LogP contribution in [0.2, 0.25) is 0 Å². The summed E-state index contributed by atoms with van der Waals surface area (Å²) in [6.07, 6.45) is -12.5. The van der Waals surface area contributed by atoms with Crippen LogP contribution in [0.15, 0.2) is 0 Å². The minimum Gasteiger partial charge on any atom is -0.390 e. The monoisotopic (exact) mass is 476 g/mol. The lowest BCUT2D eigenvalue weighted by atomic mass is 9.47. The lowest BCUT2D eigenvalue weighted by Gasteiger charge is -2.60. The molecule has 4 rings (SSSR count). The number of hydrogen-bond acceptors (Lipinski definition) is 4. The zero-order chi connectivity index (χ0) is 23.0. The Morgan fingerprint density at radius 3 is 1.83 bits per heavy atom. The van der Waals surface area contributed by atoms with Crippen molar-refractivity contribution < 1.29 is 57.9 Å². The van der Waals surface area contributed by atoms with Crippen LogP contribution in [0.25, 0.3) is 0 Å². The van der Waals surface area contributed by atoms with Gasteiger partial charge in [-0.1, -0.05) is 0 Å². The van der Waals surface area contributed by atoms with Gasteiger partial charge in [0.15, 0.2) is 0 Å². The molecule has 2 N–H and O–H groups in total. The SMILES string of the molecule is O=S(=O)(O)C(F)(F)C(F)(F)OC(F)(F)C(F)(F)CCC12CC3CC(CC(O)(C3)C1)C2. The van der Waals surface area contributed by atoms with Crippen molar-refractivity contribution in [1.82, 2.24) is 0 Å². The number of rotatable bonds is 8. The van der Waals surface area contributed by atoms with Crippen LogP contribution in [0, 0.1) is 17.3 Å². The molecule has 0 heterocycles. The van der Waals surface area contributed by atoms with E-state index in [-0.39, 0.29) is 18.3 Å². The van der Waals surface area contributed by atoms with E-state index in [1.807, 2.05) is 0 Å². The third kappa shape index (κ3) is 3.92. The maximum atomic E-state index is 14.1. The van der Waals surface area contributed by atoms with Gasteiger partial charge in [0.25, 0.3) is 0 Å². The summed E-state index contributed by atoms with van der Waals surface area (Å²) in [5.41, 5.74) is -2.00. The highest BCUT2D eigenvalue weighted by molar-refractivity contribution is 7.86. The first kappa shape index (κ1) is 23.9. The molecule has 2 atom stereocenters. The highest BCUT2D eigenvalue weighted by atomic mass is 32.2. The van der Waals surface area contributed by atoms with Crippen LogP contribution < -0.4 is 0 Å². The highest BCUT2D eigenvalue weighted by Gasteiger charge is 2.74. The van der Waals surface area contributed by atoms with Gasteiger partial charge in [-0.3, -0.25) is 4.55 Å². The Labute approximate surface area is 166 Å². The van der Waals surface area contributed by atoms with Crippen molar-refractivity contribution in [3.05, 3.63) is 0 Å². The Morgan fingerprint density at radius 1 is 0.900 bits per heavy atom. The smallest absolute Gasteiger partial charge is 0.390 e. The number of hydrogen-bond donors (Lipinski definition) is 2. The van der Waals surface area contributed by atoms with E-state index >= 15 is 0 Å². The molecule has 0 aliphatic heterocycles. The zero-order valence-corrected chi connectivity index (χ0v) is 16.2. The topological polar surface area (TPSA) is 83.8 Å². The van der Waals surface area contributed by atoms with E-state index in [0.717, 1.165) is 6.42 Å². The van der Waals surface area contributed by atoms with Crippen molar-refractivity contribution in [3.8, 4) is 0 Å². The van der Waals surface area contributed by atoms with Crippen molar-refractivity contribution in [2.24, 2.45) is 17.3 Å². The number of alkyl halides is 8. The van der Waals surface area contributed by atoms with E-state index < -0.39 is 57.4 Å². The van der Waals surface area contributed by atoms with Crippen molar-refractivity contribution in [1.29, 1.82) is 0 Å². The average Bonchev–Trinajstić information content (AvgIpc) is 2.48. The molecule has 4 fully saturated rings. The van der Waals surface area contributed by atoms with Crippen molar-refractivity contribution >= 4 is 10.1 Å². The van der Waals surface area contributed by atoms with Gasteiger partial charge in [-0.2, -0.15) is 43.5 Å². The molecular formula is C16H20F8O5S. The Balaban J connectivity index is 1.73. The molecule has 2 unspecified atom stereocenters. The summed E-state index contributed by atoms with van der Waals surface area (Å²) in [5, 5.41) is 3.97. The maximum absolute atomic E-state index is 14.1. The van der Waals surface area contributed by atoms with Crippen molar-refractivity contribution in [3.63, 3.8) is 0 Å². The van der Waals surface area contributed by atoms with Gasteiger partial charge in [0.2, 0.25) is 0 Å². The van der Waals surface area contributed by atoms with E-state index in [1.54, 1.807) is 0 Å². The second-order valence-corrected chi connectivity index (χ2v) is 10.5. The largest absolute Gasteiger partial charge is 0.460 e. The van der Waals surface area contributed by atoms with Crippen LogP contribution in [-0.4, -0.2) is 47.1 Å². The second kappa shape index (κ2) is 6.64. The highest BCUT2D eigenvalue weighted by Crippen LogP contribution is 2.64. The maximum Gasteiger partial charge on any atom is 0.460 e. The molecule has 0 spiro atoms. The van der Waals surface area contributed by atoms with Gasteiger partial charge in [-0.15, -0.1) is 0 Å². The standard InChI is InChI=1S/C16H20F8O5S/c17-13(18,14(19,20)29-15(21,22)16(23,24)30(26,27)28)2-1-11-4-9-3-10(5-11)7-12(25,6-9)8-11/h9-10,25H,1-8H2,(H,26,27,28). The van der Waals surface area contributed by atoms with E-state index in [4.69, 9.17) is 4.55 Å². The summed E-state index contributed by atoms with van der Waals surface area (Å²) in [6.45, 7) is 0. The summed E-state index contributed by atoms with van der Waals surface area (Å²) < 4.78 is 139. The molecule has 30 heavy (non-hydrogen) atoms. The predicted octanol–water partition coefficient (Wildman–Crippen LogP) is 4.42. The zero-order valence-electron chi connectivity index (χ0n) is 15.4. The molecule has 0 aromatic rings. The van der Waals surface area contributed by atoms with Crippen LogP contribution >= 0.6 is 0 Å². The first-order valence-electron chi connectivity index (χ1n) is 9.14. The lowest BCUT2D eigenvalue weighted by molar-refractivity contribution is -0.457. The first-order chi connectivity index (χ1) is 13.2. The molecule has 4 aliphatic carbocycles. The average molecular weight is 476 g/mol. The fourth-order valence-electron chi connectivity index (χ4n) is 5.71. The van der Waals surface area contributed by atoms with Gasteiger partial charge < -0.3 is 5.11 Å². The summed E-state index contributed by atoms with van der Waals surface area (Å²) >= 11 is 0. The van der Waals surface area contributed by atoms with Gasteiger partial charge in [0, 0.05) is 6.42 Å². The van der Waals surface area contributed by atoms with E-state index in [2.05, 4.69) is 4.74 Å². The molecule has 0 aromatic heterocycles. The predicted molar refractivity (Wildman–Crippen MR) is 83.7 cm³/mol. The summed E-state index contributed by atoms with van der Waals surface area (Å²) in [7, 11) is -6.94. The Hall–Kier alpha value is -0.730. The van der Waals surface area contributed by atoms with Crippen LogP contribution in [0.1, 0.15) is 51.4 Å². The third-order valence-corrected chi connectivity index (χ3v) is 7.35. The van der Waals surface area contributed by atoms with E-state index in [1.165, 1.54) is 0 Å². The molecule has 4 bridgehead atoms. The molecule has 5 nitrogen and oxygen atoms in total. The third-order valence-electron chi connectivity index (χ3n) is 6.47. The molecule has 0 aromatic carbocycles. The number of halogens is 8. The fourth-order valence-corrected chi connectivity index (χ4v) is 6.05. The van der Waals surface area contributed by atoms with Crippen LogP contribution in [0.5, 0.6) is 0 Å². The fraction of sp³-hybridized carbons (Fsp3) is 1.00. The quantitative estimate of drug-likeness (QED) is 0.401.